The molecular formula is C15H25N3+2. The summed E-state index contributed by atoms with van der Waals surface area (Å²) in [6.45, 7) is 5.09. The third-order valence-corrected chi connectivity index (χ3v) is 5.17. The lowest BCUT2D eigenvalue weighted by Gasteiger charge is -2.45. The molecule has 3 fully saturated rings. The number of hydrogen-bond acceptors (Lipinski definition) is 1. The Kier molecular flexibility index (Phi) is 2.81. The van der Waals surface area contributed by atoms with Crippen LogP contribution in [0.4, 0.5) is 5.82 Å². The number of aromatic nitrogens is 1. The molecule has 3 saturated heterocycles. The first-order valence-corrected chi connectivity index (χ1v) is 7.19. The van der Waals surface area contributed by atoms with Crippen molar-refractivity contribution in [3.63, 3.8) is 0 Å². The van der Waals surface area contributed by atoms with Gasteiger partial charge >= 0.3 is 0 Å². The van der Waals surface area contributed by atoms with E-state index in [2.05, 4.69) is 54.9 Å². The van der Waals surface area contributed by atoms with Crippen molar-refractivity contribution in [1.29, 1.82) is 0 Å². The predicted molar refractivity (Wildman–Crippen MR) is 73.1 cm³/mol. The van der Waals surface area contributed by atoms with Gasteiger partial charge in [-0.2, -0.15) is 0 Å². The van der Waals surface area contributed by atoms with Gasteiger partial charge in [0.25, 0.3) is 5.82 Å². The largest absolute Gasteiger partial charge is 0.288 e. The van der Waals surface area contributed by atoms with E-state index < -0.39 is 0 Å². The molecule has 3 aliphatic rings. The van der Waals surface area contributed by atoms with Crippen molar-refractivity contribution in [3.05, 3.63) is 24.4 Å². The molecule has 1 aromatic rings. The van der Waals surface area contributed by atoms with Gasteiger partial charge in [0.2, 0.25) is 6.17 Å². The Labute approximate surface area is 110 Å². The van der Waals surface area contributed by atoms with E-state index in [9.17, 15) is 0 Å². The zero-order valence-corrected chi connectivity index (χ0v) is 11.8. The van der Waals surface area contributed by atoms with E-state index in [1.54, 1.807) is 0 Å². The smallest absolute Gasteiger partial charge is 0.281 e. The summed E-state index contributed by atoms with van der Waals surface area (Å²) in [6, 6.07) is 7.28. The summed E-state index contributed by atoms with van der Waals surface area (Å²) >= 11 is 0. The zero-order valence-electron chi connectivity index (χ0n) is 11.8. The second kappa shape index (κ2) is 4.23. The maximum Gasteiger partial charge on any atom is 0.281 e. The summed E-state index contributed by atoms with van der Waals surface area (Å²) in [6.07, 6.45) is 6.83. The van der Waals surface area contributed by atoms with Crippen LogP contribution in [0.15, 0.2) is 24.4 Å². The molecule has 3 atom stereocenters. The number of aryl methyl sites for hydroxylation is 1. The molecule has 0 radical (unpaired) electrons. The highest BCUT2D eigenvalue weighted by atomic mass is 15.5. The Morgan fingerprint density at radius 3 is 2.89 bits per heavy atom. The molecule has 98 valence electrons. The first-order chi connectivity index (χ1) is 8.62. The first-order valence-electron chi connectivity index (χ1n) is 7.19. The second-order valence-corrected chi connectivity index (χ2v) is 6.22. The number of pyridine rings is 1. The van der Waals surface area contributed by atoms with Crippen molar-refractivity contribution in [2.75, 3.05) is 25.0 Å². The molecule has 0 amide bonds. The van der Waals surface area contributed by atoms with Crippen LogP contribution in [0.3, 0.4) is 0 Å². The fourth-order valence-electron chi connectivity index (χ4n) is 3.81. The second-order valence-electron chi connectivity index (χ2n) is 6.22. The van der Waals surface area contributed by atoms with Crippen molar-refractivity contribution in [2.24, 2.45) is 7.05 Å². The number of anilines is 1. The van der Waals surface area contributed by atoms with Crippen molar-refractivity contribution >= 4 is 5.82 Å². The van der Waals surface area contributed by atoms with E-state index in [0.29, 0.717) is 6.17 Å². The molecule has 2 bridgehead atoms. The van der Waals surface area contributed by atoms with Gasteiger partial charge in [-0.05, 0) is 12.5 Å². The topological polar surface area (TPSA) is 7.12 Å². The van der Waals surface area contributed by atoms with Gasteiger partial charge in [-0.15, -0.1) is 0 Å². The summed E-state index contributed by atoms with van der Waals surface area (Å²) in [5.41, 5.74) is 0. The quantitative estimate of drug-likeness (QED) is 0.541. The fraction of sp³-hybridized carbons (Fsp3) is 0.667. The van der Waals surface area contributed by atoms with E-state index in [0.717, 1.165) is 6.04 Å². The van der Waals surface area contributed by atoms with E-state index in [4.69, 9.17) is 0 Å². The van der Waals surface area contributed by atoms with E-state index in [-0.39, 0.29) is 0 Å². The Morgan fingerprint density at radius 2 is 2.11 bits per heavy atom. The highest BCUT2D eigenvalue weighted by Gasteiger charge is 2.50. The summed E-state index contributed by atoms with van der Waals surface area (Å²) in [5.74, 6) is 1.38. The number of nitrogens with zero attached hydrogens (tertiary/aromatic N) is 3. The van der Waals surface area contributed by atoms with Crippen LogP contribution in [-0.2, 0) is 7.05 Å². The lowest BCUT2D eigenvalue weighted by molar-refractivity contribution is -0.934. The van der Waals surface area contributed by atoms with Crippen LogP contribution in [0, 0.1) is 0 Å². The lowest BCUT2D eigenvalue weighted by atomic mass is 10.0. The number of quaternary nitrogens is 1. The highest BCUT2D eigenvalue weighted by Crippen LogP contribution is 2.34. The molecule has 4 heterocycles. The lowest BCUT2D eigenvalue weighted by Crippen LogP contribution is -2.65. The molecule has 0 aromatic carbocycles. The van der Waals surface area contributed by atoms with Gasteiger partial charge in [-0.1, -0.05) is 6.07 Å². The van der Waals surface area contributed by atoms with Crippen LogP contribution >= 0.6 is 0 Å². The van der Waals surface area contributed by atoms with Crippen molar-refractivity contribution in [1.82, 2.24) is 0 Å². The normalized spacial score (nSPS) is 35.6. The van der Waals surface area contributed by atoms with E-state index in [1.807, 2.05) is 0 Å². The minimum Gasteiger partial charge on any atom is -0.288 e. The SMILES string of the molecule is CC1N(c2cccc[n+]2C)C2CCC[N+]1(C)CC2. The van der Waals surface area contributed by atoms with Gasteiger partial charge in [0.15, 0.2) is 0 Å². The summed E-state index contributed by atoms with van der Waals surface area (Å²) in [5, 5.41) is 0. The van der Waals surface area contributed by atoms with Gasteiger partial charge < -0.3 is 0 Å². The molecule has 0 spiro atoms. The number of hydrogen-bond donors (Lipinski definition) is 0. The minimum atomic E-state index is 0.597. The molecular weight excluding hydrogens is 222 g/mol. The monoisotopic (exact) mass is 247 g/mol. The van der Waals surface area contributed by atoms with Crippen molar-refractivity contribution in [3.8, 4) is 0 Å². The molecule has 0 N–H and O–H groups in total. The Morgan fingerprint density at radius 1 is 1.28 bits per heavy atom. The molecule has 4 rings (SSSR count). The van der Waals surface area contributed by atoms with E-state index in [1.165, 1.54) is 42.7 Å². The van der Waals surface area contributed by atoms with Crippen LogP contribution in [0.5, 0.6) is 0 Å². The van der Waals surface area contributed by atoms with Crippen molar-refractivity contribution in [2.45, 2.75) is 38.4 Å². The molecule has 0 aliphatic carbocycles. The fourth-order valence-corrected chi connectivity index (χ4v) is 3.81. The number of rotatable bonds is 1. The predicted octanol–water partition coefficient (Wildman–Crippen LogP) is 1.68. The standard InChI is InChI=1S/C15H25N3/c1-13-17(15-8-4-5-10-16(15)2)14-7-6-11-18(13,3)12-9-14/h4-5,8,10,13-14H,6-7,9,11-12H2,1-3H3/q+2. The molecule has 3 aliphatic heterocycles. The van der Waals surface area contributed by atoms with Crippen LogP contribution in [0.1, 0.15) is 26.2 Å². The van der Waals surface area contributed by atoms with Gasteiger partial charge in [-0.3, -0.25) is 4.48 Å². The van der Waals surface area contributed by atoms with Gasteiger partial charge in [0.05, 0.1) is 33.4 Å². The molecule has 1 aromatic heterocycles. The average molecular weight is 247 g/mol. The molecule has 3 unspecified atom stereocenters. The summed E-state index contributed by atoms with van der Waals surface area (Å²) in [7, 11) is 4.60. The van der Waals surface area contributed by atoms with E-state index >= 15 is 0 Å². The summed E-state index contributed by atoms with van der Waals surface area (Å²) < 4.78 is 3.48. The van der Waals surface area contributed by atoms with Crippen LogP contribution in [-0.4, -0.2) is 36.8 Å². The third-order valence-electron chi connectivity index (χ3n) is 5.17. The van der Waals surface area contributed by atoms with Crippen molar-refractivity contribution < 1.29 is 9.05 Å². The maximum atomic E-state index is 2.68. The highest BCUT2D eigenvalue weighted by molar-refractivity contribution is 5.35. The van der Waals surface area contributed by atoms with Gasteiger partial charge in [0.1, 0.15) is 6.04 Å². The molecule has 0 saturated carbocycles. The van der Waals surface area contributed by atoms with Gasteiger partial charge in [-0.25, -0.2) is 9.47 Å². The number of fused-ring (bicyclic) bond motifs is 4. The van der Waals surface area contributed by atoms with Crippen LogP contribution < -0.4 is 9.47 Å². The minimum absolute atomic E-state index is 0.597. The first kappa shape index (κ1) is 12.0. The average Bonchev–Trinajstić information content (AvgIpc) is 2.61. The van der Waals surface area contributed by atoms with Gasteiger partial charge in [0, 0.05) is 25.8 Å². The van der Waals surface area contributed by atoms with Crippen LogP contribution in [0.25, 0.3) is 0 Å². The maximum absolute atomic E-state index is 2.68. The molecule has 3 heteroatoms. The summed E-state index contributed by atoms with van der Waals surface area (Å²) in [4.78, 5) is 2.68. The zero-order chi connectivity index (χ0) is 12.8. The Balaban J connectivity index is 2.03. The Hall–Kier alpha value is -1.09. The third kappa shape index (κ3) is 1.72. The molecule has 18 heavy (non-hydrogen) atoms. The van der Waals surface area contributed by atoms with Crippen LogP contribution in [0.2, 0.25) is 0 Å². The molecule has 3 nitrogen and oxygen atoms in total. The Bertz CT molecular complexity index is 441.